The first-order valence-electron chi connectivity index (χ1n) is 5.20. The van der Waals surface area contributed by atoms with E-state index in [1.54, 1.807) is 11.1 Å². The lowest BCUT2D eigenvalue weighted by Crippen LogP contribution is -2.25. The number of hydrogen-bond acceptors (Lipinski definition) is 1. The summed E-state index contributed by atoms with van der Waals surface area (Å²) in [4.78, 5) is 0. The standard InChI is InChI=1S/C12H15N/c1-2-4-11-10(3-1)5-6-12(11)7-8-13-9-12/h1-4,13H,5-9H2/t12-/m1/s1. The molecule has 1 atom stereocenters. The van der Waals surface area contributed by atoms with E-state index < -0.39 is 0 Å². The molecule has 0 unspecified atom stereocenters. The molecule has 0 bridgehead atoms. The lowest BCUT2D eigenvalue weighted by molar-refractivity contribution is 0.468. The molecule has 0 amide bonds. The van der Waals surface area contributed by atoms with E-state index in [1.807, 2.05) is 0 Å². The molecule has 1 saturated heterocycles. The van der Waals surface area contributed by atoms with E-state index >= 15 is 0 Å². The van der Waals surface area contributed by atoms with Gasteiger partial charge in [0.2, 0.25) is 0 Å². The summed E-state index contributed by atoms with van der Waals surface area (Å²) in [5.41, 5.74) is 3.72. The van der Waals surface area contributed by atoms with Crippen LogP contribution in [0.3, 0.4) is 0 Å². The van der Waals surface area contributed by atoms with Crippen LogP contribution in [-0.2, 0) is 11.8 Å². The van der Waals surface area contributed by atoms with Crippen molar-refractivity contribution in [1.29, 1.82) is 0 Å². The molecule has 1 aliphatic heterocycles. The highest BCUT2D eigenvalue weighted by atomic mass is 14.9. The summed E-state index contributed by atoms with van der Waals surface area (Å²) in [7, 11) is 0. The molecule has 1 N–H and O–H groups in total. The third-order valence-corrected chi connectivity index (χ3v) is 3.71. The Hall–Kier alpha value is -0.820. The maximum absolute atomic E-state index is 3.50. The van der Waals surface area contributed by atoms with E-state index in [0.29, 0.717) is 5.41 Å². The first kappa shape index (κ1) is 7.57. The predicted octanol–water partition coefficient (Wildman–Crippen LogP) is 1.86. The lowest BCUT2D eigenvalue weighted by Gasteiger charge is -2.23. The van der Waals surface area contributed by atoms with E-state index in [9.17, 15) is 0 Å². The topological polar surface area (TPSA) is 12.0 Å². The molecule has 1 fully saturated rings. The molecular weight excluding hydrogens is 158 g/mol. The van der Waals surface area contributed by atoms with E-state index in [2.05, 4.69) is 29.6 Å². The second-order valence-corrected chi connectivity index (χ2v) is 4.36. The normalized spacial score (nSPS) is 31.1. The van der Waals surface area contributed by atoms with Gasteiger partial charge in [-0.2, -0.15) is 0 Å². The summed E-state index contributed by atoms with van der Waals surface area (Å²) >= 11 is 0. The van der Waals surface area contributed by atoms with Crippen LogP contribution in [0.25, 0.3) is 0 Å². The van der Waals surface area contributed by atoms with Crippen LogP contribution < -0.4 is 5.32 Å². The quantitative estimate of drug-likeness (QED) is 0.631. The molecule has 3 rings (SSSR count). The molecule has 68 valence electrons. The zero-order valence-electron chi connectivity index (χ0n) is 7.84. The molecule has 0 radical (unpaired) electrons. The number of benzene rings is 1. The van der Waals surface area contributed by atoms with Crippen molar-refractivity contribution in [3.8, 4) is 0 Å². The molecule has 1 aliphatic carbocycles. The second-order valence-electron chi connectivity index (χ2n) is 4.36. The Morgan fingerprint density at radius 2 is 2.08 bits per heavy atom. The van der Waals surface area contributed by atoms with Crippen molar-refractivity contribution in [2.24, 2.45) is 0 Å². The Balaban J connectivity index is 2.11. The molecule has 0 aromatic heterocycles. The van der Waals surface area contributed by atoms with Crippen LogP contribution in [0, 0.1) is 0 Å². The van der Waals surface area contributed by atoms with Crippen molar-refractivity contribution in [3.05, 3.63) is 35.4 Å². The van der Waals surface area contributed by atoms with E-state index in [0.717, 1.165) is 0 Å². The summed E-state index contributed by atoms with van der Waals surface area (Å²) < 4.78 is 0. The number of aryl methyl sites for hydroxylation is 1. The van der Waals surface area contributed by atoms with E-state index in [4.69, 9.17) is 0 Å². The van der Waals surface area contributed by atoms with Crippen molar-refractivity contribution < 1.29 is 0 Å². The number of nitrogens with one attached hydrogen (secondary N) is 1. The maximum Gasteiger partial charge on any atom is 0.00957 e. The Bertz CT molecular complexity index is 324. The van der Waals surface area contributed by atoms with Gasteiger partial charge < -0.3 is 5.32 Å². The molecule has 1 heterocycles. The molecule has 1 heteroatoms. The minimum Gasteiger partial charge on any atom is -0.316 e. The molecule has 2 aliphatic rings. The van der Waals surface area contributed by atoms with Crippen molar-refractivity contribution in [2.75, 3.05) is 13.1 Å². The summed E-state index contributed by atoms with van der Waals surface area (Å²) in [6, 6.07) is 8.97. The van der Waals surface area contributed by atoms with Gasteiger partial charge in [0, 0.05) is 12.0 Å². The zero-order valence-corrected chi connectivity index (χ0v) is 7.84. The van der Waals surface area contributed by atoms with Crippen LogP contribution >= 0.6 is 0 Å². The minimum atomic E-state index is 0.511. The molecule has 1 spiro atoms. The number of fused-ring (bicyclic) bond motifs is 2. The fraction of sp³-hybridized carbons (Fsp3) is 0.500. The fourth-order valence-corrected chi connectivity index (χ4v) is 2.95. The third-order valence-electron chi connectivity index (χ3n) is 3.71. The molecule has 1 nitrogen and oxygen atoms in total. The maximum atomic E-state index is 3.50. The molecule has 1 aromatic rings. The predicted molar refractivity (Wildman–Crippen MR) is 53.9 cm³/mol. The van der Waals surface area contributed by atoms with Crippen molar-refractivity contribution in [1.82, 2.24) is 5.32 Å². The highest BCUT2D eigenvalue weighted by molar-refractivity contribution is 5.40. The number of rotatable bonds is 0. The Labute approximate surface area is 79.2 Å². The molecule has 13 heavy (non-hydrogen) atoms. The third kappa shape index (κ3) is 0.969. The van der Waals surface area contributed by atoms with Gasteiger partial charge in [-0.15, -0.1) is 0 Å². The Morgan fingerprint density at radius 3 is 2.92 bits per heavy atom. The van der Waals surface area contributed by atoms with Gasteiger partial charge in [-0.05, 0) is 36.9 Å². The van der Waals surface area contributed by atoms with Gasteiger partial charge >= 0.3 is 0 Å². The van der Waals surface area contributed by atoms with E-state index in [1.165, 1.54) is 32.4 Å². The van der Waals surface area contributed by atoms with Crippen molar-refractivity contribution in [2.45, 2.75) is 24.7 Å². The van der Waals surface area contributed by atoms with Crippen LogP contribution in [0.2, 0.25) is 0 Å². The first-order valence-corrected chi connectivity index (χ1v) is 5.20. The number of hydrogen-bond donors (Lipinski definition) is 1. The molecular formula is C12H15N. The second kappa shape index (κ2) is 2.58. The van der Waals surface area contributed by atoms with Crippen molar-refractivity contribution >= 4 is 0 Å². The van der Waals surface area contributed by atoms with Gasteiger partial charge in [0.05, 0.1) is 0 Å². The zero-order chi connectivity index (χ0) is 8.73. The monoisotopic (exact) mass is 173 g/mol. The minimum absolute atomic E-state index is 0.511. The van der Waals surface area contributed by atoms with Crippen LogP contribution in [0.5, 0.6) is 0 Å². The average molecular weight is 173 g/mol. The van der Waals surface area contributed by atoms with E-state index in [-0.39, 0.29) is 0 Å². The first-order chi connectivity index (χ1) is 6.41. The summed E-state index contributed by atoms with van der Waals surface area (Å²) in [6.45, 7) is 2.40. The largest absolute Gasteiger partial charge is 0.316 e. The van der Waals surface area contributed by atoms with Crippen LogP contribution in [0.1, 0.15) is 24.0 Å². The van der Waals surface area contributed by atoms with Gasteiger partial charge in [0.15, 0.2) is 0 Å². The van der Waals surface area contributed by atoms with Crippen LogP contribution in [-0.4, -0.2) is 13.1 Å². The summed E-state index contributed by atoms with van der Waals surface area (Å²) in [6.07, 6.45) is 3.99. The highest BCUT2D eigenvalue weighted by Crippen LogP contribution is 2.42. The van der Waals surface area contributed by atoms with Gasteiger partial charge in [-0.1, -0.05) is 24.3 Å². The lowest BCUT2D eigenvalue weighted by atomic mass is 9.81. The average Bonchev–Trinajstić information content (AvgIpc) is 2.78. The Kier molecular flexibility index (Phi) is 1.50. The van der Waals surface area contributed by atoms with Gasteiger partial charge in [-0.25, -0.2) is 0 Å². The molecule has 1 aromatic carbocycles. The van der Waals surface area contributed by atoms with Crippen molar-refractivity contribution in [3.63, 3.8) is 0 Å². The van der Waals surface area contributed by atoms with Gasteiger partial charge in [0.1, 0.15) is 0 Å². The fourth-order valence-electron chi connectivity index (χ4n) is 2.95. The van der Waals surface area contributed by atoms with Gasteiger partial charge in [-0.3, -0.25) is 0 Å². The summed E-state index contributed by atoms with van der Waals surface area (Å²) in [5, 5.41) is 3.50. The SMILES string of the molecule is c1ccc2c(c1)CC[C@]21CCNC1. The smallest absolute Gasteiger partial charge is 0.00957 e. The van der Waals surface area contributed by atoms with Crippen LogP contribution in [0.15, 0.2) is 24.3 Å². The summed E-state index contributed by atoms with van der Waals surface area (Å²) in [5.74, 6) is 0. The Morgan fingerprint density at radius 1 is 1.15 bits per heavy atom. The van der Waals surface area contributed by atoms with Crippen LogP contribution in [0.4, 0.5) is 0 Å². The van der Waals surface area contributed by atoms with Gasteiger partial charge in [0.25, 0.3) is 0 Å². The molecule has 0 saturated carbocycles. The highest BCUT2D eigenvalue weighted by Gasteiger charge is 2.40.